The van der Waals surface area contributed by atoms with Crippen molar-refractivity contribution in [2.45, 2.75) is 18.2 Å². The van der Waals surface area contributed by atoms with Crippen LogP contribution in [0.2, 0.25) is 0 Å². The summed E-state index contributed by atoms with van der Waals surface area (Å²) in [5.74, 6) is 0.845. The lowest BCUT2D eigenvalue weighted by atomic mass is 10.1. The number of ether oxygens (including phenoxy) is 1. The molecule has 4 nitrogen and oxygen atoms in total. The van der Waals surface area contributed by atoms with E-state index in [1.54, 1.807) is 12.1 Å². The number of fused-ring (bicyclic) bond motifs is 1. The fourth-order valence-electron chi connectivity index (χ4n) is 1.83. The first-order valence-electron chi connectivity index (χ1n) is 5.12. The fraction of sp³-hybridized carbons (Fsp3) is 0.455. The maximum absolute atomic E-state index is 12.0. The minimum atomic E-state index is -3.34. The maximum Gasteiger partial charge on any atom is 0.242 e. The molecule has 0 radical (unpaired) electrons. The lowest BCUT2D eigenvalue weighted by Gasteiger charge is -2.13. The van der Waals surface area contributed by atoms with Crippen molar-refractivity contribution >= 4 is 10.0 Å². The van der Waals surface area contributed by atoms with Gasteiger partial charge in [0.25, 0.3) is 0 Å². The third-order valence-corrected chi connectivity index (χ3v) is 4.51. The average molecular weight is 241 g/mol. The van der Waals surface area contributed by atoms with Gasteiger partial charge >= 0.3 is 0 Å². The largest absolute Gasteiger partial charge is 0.493 e. The Bertz CT molecular complexity index is 520. The van der Waals surface area contributed by atoms with E-state index in [-0.39, 0.29) is 0 Å². The van der Waals surface area contributed by atoms with Crippen molar-refractivity contribution in [2.24, 2.45) is 0 Å². The second kappa shape index (κ2) is 3.75. The molecule has 0 N–H and O–H groups in total. The molecule has 0 fully saturated rings. The Balaban J connectivity index is 2.57. The van der Waals surface area contributed by atoms with Crippen LogP contribution >= 0.6 is 0 Å². The zero-order chi connectivity index (χ0) is 11.9. The third kappa shape index (κ3) is 1.70. The van der Waals surface area contributed by atoms with Gasteiger partial charge in [-0.25, -0.2) is 12.7 Å². The van der Waals surface area contributed by atoms with Crippen LogP contribution in [0, 0.1) is 6.92 Å². The predicted molar refractivity (Wildman–Crippen MR) is 61.3 cm³/mol. The Labute approximate surface area is 95.9 Å². The summed E-state index contributed by atoms with van der Waals surface area (Å²) in [6.45, 7) is 2.51. The summed E-state index contributed by atoms with van der Waals surface area (Å²) in [7, 11) is -0.271. The molecule has 0 aliphatic carbocycles. The Kier molecular flexibility index (Phi) is 2.67. The summed E-state index contributed by atoms with van der Waals surface area (Å²) in [5, 5.41) is 0. The number of benzene rings is 1. The van der Waals surface area contributed by atoms with Gasteiger partial charge in [-0.05, 0) is 30.2 Å². The first kappa shape index (κ1) is 11.4. The molecular weight excluding hydrogens is 226 g/mol. The number of nitrogens with zero attached hydrogens (tertiary/aromatic N) is 1. The van der Waals surface area contributed by atoms with Crippen LogP contribution in [0.5, 0.6) is 5.75 Å². The molecule has 0 bridgehead atoms. The van der Waals surface area contributed by atoms with E-state index in [9.17, 15) is 8.42 Å². The molecular formula is C11H15NO3S. The molecule has 1 aliphatic rings. The number of rotatable bonds is 2. The molecule has 1 aromatic carbocycles. The van der Waals surface area contributed by atoms with Crippen molar-refractivity contribution < 1.29 is 13.2 Å². The van der Waals surface area contributed by atoms with E-state index in [1.165, 1.54) is 18.4 Å². The summed E-state index contributed by atoms with van der Waals surface area (Å²) in [5.41, 5.74) is 1.87. The minimum Gasteiger partial charge on any atom is -0.493 e. The van der Waals surface area contributed by atoms with E-state index < -0.39 is 10.0 Å². The van der Waals surface area contributed by atoms with E-state index in [1.807, 2.05) is 6.92 Å². The molecule has 0 atom stereocenters. The molecule has 1 heterocycles. The molecule has 1 aliphatic heterocycles. The van der Waals surface area contributed by atoms with Crippen LogP contribution in [0.15, 0.2) is 17.0 Å². The van der Waals surface area contributed by atoms with Gasteiger partial charge in [-0.1, -0.05) is 0 Å². The number of hydrogen-bond donors (Lipinski definition) is 0. The van der Waals surface area contributed by atoms with Crippen LogP contribution in [0.1, 0.15) is 11.1 Å². The molecule has 0 unspecified atom stereocenters. The molecule has 0 saturated carbocycles. The van der Waals surface area contributed by atoms with E-state index in [0.29, 0.717) is 11.5 Å². The second-order valence-corrected chi connectivity index (χ2v) is 6.27. The van der Waals surface area contributed by atoms with Crippen LogP contribution in [-0.2, 0) is 16.4 Å². The van der Waals surface area contributed by atoms with Gasteiger partial charge in [0.05, 0.1) is 11.5 Å². The molecule has 88 valence electrons. The molecule has 2 rings (SSSR count). The Morgan fingerprint density at radius 3 is 2.62 bits per heavy atom. The highest BCUT2D eigenvalue weighted by atomic mass is 32.2. The zero-order valence-electron chi connectivity index (χ0n) is 9.65. The quantitative estimate of drug-likeness (QED) is 0.781. The third-order valence-electron chi connectivity index (χ3n) is 2.72. The average Bonchev–Trinajstić information content (AvgIpc) is 2.65. The van der Waals surface area contributed by atoms with Crippen molar-refractivity contribution in [1.29, 1.82) is 0 Å². The van der Waals surface area contributed by atoms with Crippen LogP contribution in [0.4, 0.5) is 0 Å². The number of sulfonamides is 1. The van der Waals surface area contributed by atoms with Crippen molar-refractivity contribution in [1.82, 2.24) is 4.31 Å². The van der Waals surface area contributed by atoms with E-state index in [0.717, 1.165) is 23.3 Å². The Hall–Kier alpha value is -1.07. The van der Waals surface area contributed by atoms with Crippen molar-refractivity contribution in [2.75, 3.05) is 20.7 Å². The standard InChI is InChI=1S/C11H15NO3S/c1-8-6-10(16(13,14)12(2)3)7-9-4-5-15-11(8)9/h6-7H,4-5H2,1-3H3. The van der Waals surface area contributed by atoms with E-state index >= 15 is 0 Å². The van der Waals surface area contributed by atoms with E-state index in [2.05, 4.69) is 0 Å². The maximum atomic E-state index is 12.0. The van der Waals surface area contributed by atoms with Gasteiger partial charge in [0, 0.05) is 20.5 Å². The van der Waals surface area contributed by atoms with Gasteiger partial charge in [0.2, 0.25) is 10.0 Å². The highest BCUT2D eigenvalue weighted by Crippen LogP contribution is 2.32. The summed E-state index contributed by atoms with van der Waals surface area (Å²) in [6, 6.07) is 3.38. The first-order chi connectivity index (χ1) is 7.43. The highest BCUT2D eigenvalue weighted by Gasteiger charge is 2.22. The van der Waals surface area contributed by atoms with Gasteiger partial charge in [0.1, 0.15) is 5.75 Å². The fourth-order valence-corrected chi connectivity index (χ4v) is 2.86. The van der Waals surface area contributed by atoms with Crippen LogP contribution in [-0.4, -0.2) is 33.4 Å². The number of hydrogen-bond acceptors (Lipinski definition) is 3. The van der Waals surface area contributed by atoms with Gasteiger partial charge in [-0.2, -0.15) is 0 Å². The van der Waals surface area contributed by atoms with Crippen molar-refractivity contribution in [3.05, 3.63) is 23.3 Å². The minimum absolute atomic E-state index is 0.347. The predicted octanol–water partition coefficient (Wildman–Crippen LogP) is 1.18. The summed E-state index contributed by atoms with van der Waals surface area (Å²) < 4.78 is 30.6. The van der Waals surface area contributed by atoms with Crippen molar-refractivity contribution in [3.63, 3.8) is 0 Å². The monoisotopic (exact) mass is 241 g/mol. The van der Waals surface area contributed by atoms with Gasteiger partial charge in [-0.15, -0.1) is 0 Å². The molecule has 0 amide bonds. The SMILES string of the molecule is Cc1cc(S(=O)(=O)N(C)C)cc2c1OCC2. The van der Waals surface area contributed by atoms with E-state index in [4.69, 9.17) is 4.74 Å². The number of aryl methyl sites for hydroxylation is 1. The lowest BCUT2D eigenvalue weighted by molar-refractivity contribution is 0.354. The summed E-state index contributed by atoms with van der Waals surface area (Å²) >= 11 is 0. The highest BCUT2D eigenvalue weighted by molar-refractivity contribution is 7.89. The second-order valence-electron chi connectivity index (χ2n) is 4.11. The molecule has 0 saturated heterocycles. The van der Waals surface area contributed by atoms with Gasteiger partial charge < -0.3 is 4.74 Å². The molecule has 0 spiro atoms. The van der Waals surface area contributed by atoms with Gasteiger partial charge in [0.15, 0.2) is 0 Å². The smallest absolute Gasteiger partial charge is 0.242 e. The Morgan fingerprint density at radius 1 is 1.31 bits per heavy atom. The molecule has 16 heavy (non-hydrogen) atoms. The summed E-state index contributed by atoms with van der Waals surface area (Å²) in [6.07, 6.45) is 0.785. The Morgan fingerprint density at radius 2 is 2.00 bits per heavy atom. The van der Waals surface area contributed by atoms with Crippen molar-refractivity contribution in [3.8, 4) is 5.75 Å². The topological polar surface area (TPSA) is 46.6 Å². The lowest BCUT2D eigenvalue weighted by Crippen LogP contribution is -2.22. The van der Waals surface area contributed by atoms with Crippen LogP contribution in [0.25, 0.3) is 0 Å². The molecule has 1 aromatic rings. The summed E-state index contributed by atoms with van der Waals surface area (Å²) in [4.78, 5) is 0.347. The van der Waals surface area contributed by atoms with Gasteiger partial charge in [-0.3, -0.25) is 0 Å². The molecule has 0 aromatic heterocycles. The van der Waals surface area contributed by atoms with Crippen LogP contribution < -0.4 is 4.74 Å². The normalized spacial score (nSPS) is 15.0. The van der Waals surface area contributed by atoms with Crippen LogP contribution in [0.3, 0.4) is 0 Å². The zero-order valence-corrected chi connectivity index (χ0v) is 10.5. The molecule has 5 heteroatoms. The first-order valence-corrected chi connectivity index (χ1v) is 6.56.